The summed E-state index contributed by atoms with van der Waals surface area (Å²) in [7, 11) is 3.79. The van der Waals surface area contributed by atoms with Crippen molar-refractivity contribution < 1.29 is 0 Å². The molecule has 3 heteroatoms. The first-order chi connectivity index (χ1) is 5.25. The van der Waals surface area contributed by atoms with Gasteiger partial charge in [-0.2, -0.15) is 0 Å². The van der Waals surface area contributed by atoms with Crippen molar-refractivity contribution in [2.45, 2.75) is 0 Å². The number of pyridine rings is 1. The number of rotatable bonds is 1. The van der Waals surface area contributed by atoms with Gasteiger partial charge in [-0.15, -0.1) is 4.98 Å². The van der Waals surface area contributed by atoms with E-state index in [2.05, 4.69) is 9.83 Å². The summed E-state index contributed by atoms with van der Waals surface area (Å²) in [6, 6.07) is 3.70. The molecule has 0 aromatic carbocycles. The van der Waals surface area contributed by atoms with Crippen LogP contribution >= 0.6 is 0 Å². The van der Waals surface area contributed by atoms with Crippen molar-refractivity contribution in [2.24, 2.45) is 0 Å². The molecule has 0 amide bonds. The normalized spacial score (nSPS) is 8.82. The molecule has 3 nitrogen and oxygen atoms in total. The van der Waals surface area contributed by atoms with Crippen LogP contribution in [-0.4, -0.2) is 19.1 Å². The molecule has 0 fully saturated rings. The third-order valence-electron chi connectivity index (χ3n) is 1.35. The van der Waals surface area contributed by atoms with E-state index >= 15 is 0 Å². The minimum Gasteiger partial charge on any atom is -0.385 e. The molecule has 0 saturated heterocycles. The van der Waals surface area contributed by atoms with Crippen molar-refractivity contribution in [3.8, 4) is 0 Å². The lowest BCUT2D eigenvalue weighted by molar-refractivity contribution is 1.12. The molecule has 1 aromatic rings. The van der Waals surface area contributed by atoms with Crippen molar-refractivity contribution in [2.75, 3.05) is 19.0 Å². The van der Waals surface area contributed by atoms with Gasteiger partial charge in [-0.25, -0.2) is 0 Å². The van der Waals surface area contributed by atoms with Crippen molar-refractivity contribution >= 4 is 11.5 Å². The van der Waals surface area contributed by atoms with E-state index in [0.717, 1.165) is 5.69 Å². The van der Waals surface area contributed by atoms with Gasteiger partial charge in [0.2, 0.25) is 0 Å². The average Bonchev–Trinajstić information content (AvgIpc) is 2.04. The maximum Gasteiger partial charge on any atom is 0.292 e. The van der Waals surface area contributed by atoms with E-state index in [1.807, 2.05) is 31.1 Å². The molecule has 0 aliphatic carbocycles. The van der Waals surface area contributed by atoms with Crippen LogP contribution in [0.3, 0.4) is 0 Å². The van der Waals surface area contributed by atoms with Crippen LogP contribution in [0.5, 0.6) is 0 Å². The van der Waals surface area contributed by atoms with E-state index in [0.29, 0.717) is 5.82 Å². The van der Waals surface area contributed by atoms with Gasteiger partial charge >= 0.3 is 0 Å². The minimum atomic E-state index is 0.456. The Bertz CT molecular complexity index is 286. The molecule has 0 saturated carbocycles. The smallest absolute Gasteiger partial charge is 0.292 e. The maximum atomic E-state index is 6.81. The molecule has 1 rings (SSSR count). The summed E-state index contributed by atoms with van der Waals surface area (Å²) >= 11 is 0. The molecular weight excluding hydrogens is 138 g/mol. The topological polar surface area (TPSA) is 20.5 Å². The Morgan fingerprint density at radius 2 is 2.27 bits per heavy atom. The van der Waals surface area contributed by atoms with Crippen LogP contribution in [0.1, 0.15) is 0 Å². The zero-order valence-corrected chi connectivity index (χ0v) is 6.57. The fourth-order valence-electron chi connectivity index (χ4n) is 0.824. The molecule has 1 heterocycles. The van der Waals surface area contributed by atoms with Gasteiger partial charge in [0.15, 0.2) is 0 Å². The first-order valence-corrected chi connectivity index (χ1v) is 3.25. The number of aromatic nitrogens is 1. The number of hydrogen-bond donors (Lipinski definition) is 0. The second kappa shape index (κ2) is 3.02. The van der Waals surface area contributed by atoms with E-state index in [1.165, 1.54) is 0 Å². The summed E-state index contributed by atoms with van der Waals surface area (Å²) < 4.78 is 0. The number of hydrogen-bond acceptors (Lipinski definition) is 2. The van der Waals surface area contributed by atoms with Gasteiger partial charge in [0.05, 0.1) is 5.69 Å². The first kappa shape index (κ1) is 7.55. The third-order valence-corrected chi connectivity index (χ3v) is 1.35. The highest BCUT2D eigenvalue weighted by Gasteiger charge is 2.02. The average molecular weight is 147 g/mol. The van der Waals surface area contributed by atoms with E-state index < -0.39 is 0 Å². The zero-order chi connectivity index (χ0) is 8.27. The lowest BCUT2D eigenvalue weighted by Gasteiger charge is -2.12. The van der Waals surface area contributed by atoms with Crippen molar-refractivity contribution in [3.05, 3.63) is 29.7 Å². The minimum absolute atomic E-state index is 0.456. The van der Waals surface area contributed by atoms with Crippen molar-refractivity contribution in [1.29, 1.82) is 0 Å². The molecule has 56 valence electrons. The summed E-state index contributed by atoms with van der Waals surface area (Å²) in [5.74, 6) is 0.456. The van der Waals surface area contributed by atoms with Crippen molar-refractivity contribution in [3.63, 3.8) is 0 Å². The molecule has 0 aliphatic heterocycles. The molecular formula is C8H9N3. The summed E-state index contributed by atoms with van der Waals surface area (Å²) in [5.41, 5.74) is 0.863. The van der Waals surface area contributed by atoms with Gasteiger partial charge in [0.1, 0.15) is 6.20 Å². The molecule has 0 radical (unpaired) electrons. The molecule has 0 N–H and O–H groups in total. The summed E-state index contributed by atoms with van der Waals surface area (Å²) in [4.78, 5) is 9.09. The number of nitrogens with zero attached hydrogens (tertiary/aromatic N) is 3. The van der Waals surface area contributed by atoms with Crippen LogP contribution in [0.15, 0.2) is 18.3 Å². The second-order valence-corrected chi connectivity index (χ2v) is 2.35. The highest BCUT2D eigenvalue weighted by molar-refractivity contribution is 5.65. The fourth-order valence-corrected chi connectivity index (χ4v) is 0.824. The van der Waals surface area contributed by atoms with Gasteiger partial charge in [0.25, 0.3) is 5.82 Å². The van der Waals surface area contributed by atoms with E-state index in [-0.39, 0.29) is 0 Å². The van der Waals surface area contributed by atoms with E-state index in [4.69, 9.17) is 6.57 Å². The van der Waals surface area contributed by atoms with Crippen LogP contribution in [0.4, 0.5) is 11.5 Å². The quantitative estimate of drug-likeness (QED) is 0.563. The molecule has 0 unspecified atom stereocenters. The van der Waals surface area contributed by atoms with Gasteiger partial charge in [0, 0.05) is 14.1 Å². The predicted molar refractivity (Wildman–Crippen MR) is 44.8 cm³/mol. The van der Waals surface area contributed by atoms with Crippen LogP contribution < -0.4 is 4.90 Å². The van der Waals surface area contributed by atoms with Gasteiger partial charge < -0.3 is 9.74 Å². The summed E-state index contributed by atoms with van der Waals surface area (Å²) in [6.45, 7) is 6.81. The maximum absolute atomic E-state index is 6.81. The van der Waals surface area contributed by atoms with E-state index in [9.17, 15) is 0 Å². The van der Waals surface area contributed by atoms with Gasteiger partial charge in [-0.1, -0.05) is 6.57 Å². The molecule has 1 aromatic heterocycles. The van der Waals surface area contributed by atoms with E-state index in [1.54, 1.807) is 6.20 Å². The predicted octanol–water partition coefficient (Wildman–Crippen LogP) is 1.70. The summed E-state index contributed by atoms with van der Waals surface area (Å²) in [6.07, 6.45) is 1.63. The molecule has 0 spiro atoms. The largest absolute Gasteiger partial charge is 0.385 e. The van der Waals surface area contributed by atoms with Crippen LogP contribution in [-0.2, 0) is 0 Å². The first-order valence-electron chi connectivity index (χ1n) is 3.25. The number of anilines is 1. The molecule has 0 bridgehead atoms. The Labute approximate surface area is 66.1 Å². The lowest BCUT2D eigenvalue weighted by atomic mass is 10.4. The Balaban J connectivity index is 3.15. The van der Waals surface area contributed by atoms with Gasteiger partial charge in [-0.3, -0.25) is 0 Å². The molecule has 0 aliphatic rings. The second-order valence-electron chi connectivity index (χ2n) is 2.35. The lowest BCUT2D eigenvalue weighted by Crippen LogP contribution is -2.08. The third kappa shape index (κ3) is 1.47. The summed E-state index contributed by atoms with van der Waals surface area (Å²) in [5, 5.41) is 0. The zero-order valence-electron chi connectivity index (χ0n) is 6.57. The van der Waals surface area contributed by atoms with Crippen molar-refractivity contribution in [1.82, 2.24) is 4.98 Å². The fraction of sp³-hybridized carbons (Fsp3) is 0.250. The Kier molecular flexibility index (Phi) is 2.07. The van der Waals surface area contributed by atoms with Gasteiger partial charge in [-0.05, 0) is 12.1 Å². The standard InChI is InChI=1S/C8H9N3/c1-9-8-7(11(2)3)5-4-6-10-8/h4-6H,2-3H3. The highest BCUT2D eigenvalue weighted by Crippen LogP contribution is 2.22. The molecule has 0 atom stereocenters. The SMILES string of the molecule is [C-]#[N+]c1ncccc1N(C)C. The monoisotopic (exact) mass is 147 g/mol. The Morgan fingerprint density at radius 1 is 1.55 bits per heavy atom. The highest BCUT2D eigenvalue weighted by atomic mass is 15.1. The van der Waals surface area contributed by atoms with Crippen LogP contribution in [0, 0.1) is 6.57 Å². The van der Waals surface area contributed by atoms with Crippen LogP contribution in [0.2, 0.25) is 0 Å². The van der Waals surface area contributed by atoms with Crippen LogP contribution in [0.25, 0.3) is 4.85 Å². The Morgan fingerprint density at radius 3 is 2.73 bits per heavy atom. The Hall–Kier alpha value is -1.56. The molecule has 11 heavy (non-hydrogen) atoms.